The molecular weight excluding hydrogens is 261 g/mol. The molecule has 2 aromatic rings. The van der Waals surface area contributed by atoms with Crippen LogP contribution in [0.25, 0.3) is 11.3 Å². The van der Waals surface area contributed by atoms with Crippen molar-refractivity contribution >= 4 is 21.6 Å². The molecule has 5 heteroatoms. The molecule has 78 valence electrons. The minimum absolute atomic E-state index is 0.312. The number of aryl methyl sites for hydroxylation is 1. The Hall–Kier alpha value is -1.36. The van der Waals surface area contributed by atoms with E-state index in [9.17, 15) is 4.39 Å². The first-order valence-corrected chi connectivity index (χ1v) is 5.12. The average Bonchev–Trinajstić information content (AvgIpc) is 2.52. The highest BCUT2D eigenvalue weighted by Crippen LogP contribution is 2.27. The number of hydrogen-bond donors (Lipinski definition) is 1. The Labute approximate surface area is 94.8 Å². The fourth-order valence-electron chi connectivity index (χ4n) is 1.45. The van der Waals surface area contributed by atoms with Gasteiger partial charge in [-0.2, -0.15) is 5.10 Å². The zero-order chi connectivity index (χ0) is 11.0. The highest BCUT2D eigenvalue weighted by Gasteiger charge is 2.10. The predicted octanol–water partition coefficient (Wildman–Crippen LogP) is 2.57. The summed E-state index contributed by atoms with van der Waals surface area (Å²) in [6.45, 7) is 0. The standard InChI is InChI=1S/C10H9BrFN3/c1-15-10(9(13)5-14-15)6-2-3-7(11)8(12)4-6/h2-5H,13H2,1H3. The van der Waals surface area contributed by atoms with Crippen LogP contribution < -0.4 is 5.73 Å². The van der Waals surface area contributed by atoms with Gasteiger partial charge in [-0.05, 0) is 28.1 Å². The van der Waals surface area contributed by atoms with Crippen LogP contribution in [-0.4, -0.2) is 9.78 Å². The van der Waals surface area contributed by atoms with Crippen molar-refractivity contribution in [3.8, 4) is 11.3 Å². The van der Waals surface area contributed by atoms with Crippen molar-refractivity contribution in [1.29, 1.82) is 0 Å². The van der Waals surface area contributed by atoms with Gasteiger partial charge in [0.2, 0.25) is 0 Å². The van der Waals surface area contributed by atoms with Crippen molar-refractivity contribution in [3.63, 3.8) is 0 Å². The van der Waals surface area contributed by atoms with Crippen molar-refractivity contribution in [1.82, 2.24) is 9.78 Å². The lowest BCUT2D eigenvalue weighted by Gasteiger charge is -2.04. The summed E-state index contributed by atoms with van der Waals surface area (Å²) in [6, 6.07) is 4.87. The van der Waals surface area contributed by atoms with Crippen molar-refractivity contribution in [2.45, 2.75) is 0 Å². The topological polar surface area (TPSA) is 43.8 Å². The smallest absolute Gasteiger partial charge is 0.138 e. The number of anilines is 1. The molecule has 2 N–H and O–H groups in total. The molecule has 0 saturated heterocycles. The van der Waals surface area contributed by atoms with Crippen molar-refractivity contribution in [3.05, 3.63) is 34.7 Å². The van der Waals surface area contributed by atoms with Crippen LogP contribution in [0.1, 0.15) is 0 Å². The van der Waals surface area contributed by atoms with E-state index in [-0.39, 0.29) is 5.82 Å². The molecule has 0 radical (unpaired) electrons. The van der Waals surface area contributed by atoms with E-state index >= 15 is 0 Å². The molecule has 15 heavy (non-hydrogen) atoms. The molecule has 0 amide bonds. The second-order valence-electron chi connectivity index (χ2n) is 3.20. The lowest BCUT2D eigenvalue weighted by molar-refractivity contribution is 0.621. The van der Waals surface area contributed by atoms with Gasteiger partial charge in [-0.15, -0.1) is 0 Å². The number of benzene rings is 1. The maximum absolute atomic E-state index is 13.3. The van der Waals surface area contributed by atoms with Gasteiger partial charge in [-0.25, -0.2) is 4.39 Å². The minimum Gasteiger partial charge on any atom is -0.396 e. The molecule has 1 heterocycles. The first-order chi connectivity index (χ1) is 7.09. The largest absolute Gasteiger partial charge is 0.396 e. The van der Waals surface area contributed by atoms with Crippen LogP contribution in [-0.2, 0) is 7.05 Å². The Bertz CT molecular complexity index is 488. The second-order valence-corrected chi connectivity index (χ2v) is 4.06. The van der Waals surface area contributed by atoms with Crippen LogP contribution in [0.2, 0.25) is 0 Å². The Kier molecular flexibility index (Phi) is 2.48. The average molecular weight is 270 g/mol. The molecular formula is C10H9BrFN3. The summed E-state index contributed by atoms with van der Waals surface area (Å²) < 4.78 is 15.4. The third kappa shape index (κ3) is 1.74. The van der Waals surface area contributed by atoms with Gasteiger partial charge >= 0.3 is 0 Å². The third-order valence-electron chi connectivity index (χ3n) is 2.16. The van der Waals surface area contributed by atoms with E-state index in [0.29, 0.717) is 15.7 Å². The number of nitrogens with two attached hydrogens (primary N) is 1. The highest BCUT2D eigenvalue weighted by atomic mass is 79.9. The Morgan fingerprint density at radius 3 is 2.73 bits per heavy atom. The minimum atomic E-state index is -0.312. The van der Waals surface area contributed by atoms with Crippen LogP contribution in [0.15, 0.2) is 28.9 Å². The molecule has 0 saturated carbocycles. The number of halogens is 2. The zero-order valence-electron chi connectivity index (χ0n) is 8.04. The second kappa shape index (κ2) is 3.66. The summed E-state index contributed by atoms with van der Waals surface area (Å²) in [5.41, 5.74) is 7.72. The van der Waals surface area contributed by atoms with Crippen molar-refractivity contribution in [2.24, 2.45) is 7.05 Å². The number of hydrogen-bond acceptors (Lipinski definition) is 2. The van der Waals surface area contributed by atoms with Gasteiger partial charge in [0.25, 0.3) is 0 Å². The van der Waals surface area contributed by atoms with Gasteiger partial charge in [0, 0.05) is 12.6 Å². The molecule has 1 aromatic carbocycles. The summed E-state index contributed by atoms with van der Waals surface area (Å²) in [5, 5.41) is 4.00. The molecule has 0 aliphatic heterocycles. The van der Waals surface area contributed by atoms with Crippen molar-refractivity contribution < 1.29 is 4.39 Å². The lowest BCUT2D eigenvalue weighted by atomic mass is 10.1. The fraction of sp³-hybridized carbons (Fsp3) is 0.100. The summed E-state index contributed by atoms with van der Waals surface area (Å²) in [7, 11) is 1.77. The van der Waals surface area contributed by atoms with Crippen LogP contribution in [0.4, 0.5) is 10.1 Å². The molecule has 0 spiro atoms. The van der Waals surface area contributed by atoms with Gasteiger partial charge in [0.15, 0.2) is 0 Å². The van der Waals surface area contributed by atoms with E-state index in [4.69, 9.17) is 5.73 Å². The molecule has 2 rings (SSSR count). The lowest BCUT2D eigenvalue weighted by Crippen LogP contribution is -1.96. The van der Waals surface area contributed by atoms with E-state index in [0.717, 1.165) is 5.69 Å². The fourth-order valence-corrected chi connectivity index (χ4v) is 1.70. The zero-order valence-corrected chi connectivity index (χ0v) is 9.62. The highest BCUT2D eigenvalue weighted by molar-refractivity contribution is 9.10. The van der Waals surface area contributed by atoms with Crippen LogP contribution in [0, 0.1) is 5.82 Å². The molecule has 3 nitrogen and oxygen atoms in total. The van der Waals surface area contributed by atoms with Crippen LogP contribution >= 0.6 is 15.9 Å². The normalized spacial score (nSPS) is 10.6. The van der Waals surface area contributed by atoms with E-state index < -0.39 is 0 Å². The molecule has 0 unspecified atom stereocenters. The summed E-state index contributed by atoms with van der Waals surface area (Å²) >= 11 is 3.10. The maximum atomic E-state index is 13.3. The molecule has 1 aromatic heterocycles. The SMILES string of the molecule is Cn1ncc(N)c1-c1ccc(Br)c(F)c1. The monoisotopic (exact) mass is 269 g/mol. The summed E-state index contributed by atoms with van der Waals surface area (Å²) in [4.78, 5) is 0. The number of nitrogens with zero attached hydrogens (tertiary/aromatic N) is 2. The van der Waals surface area contributed by atoms with Gasteiger partial charge in [-0.3, -0.25) is 4.68 Å². The summed E-state index contributed by atoms with van der Waals surface area (Å²) in [6.07, 6.45) is 1.55. The maximum Gasteiger partial charge on any atom is 0.138 e. The first kappa shape index (κ1) is 10.2. The third-order valence-corrected chi connectivity index (χ3v) is 2.80. The van der Waals surface area contributed by atoms with E-state index in [1.54, 1.807) is 30.1 Å². The Morgan fingerprint density at radius 1 is 1.47 bits per heavy atom. The first-order valence-electron chi connectivity index (χ1n) is 4.32. The molecule has 0 aliphatic rings. The molecule has 0 atom stereocenters. The van der Waals surface area contributed by atoms with E-state index in [1.807, 2.05) is 0 Å². The number of aromatic nitrogens is 2. The van der Waals surface area contributed by atoms with Crippen molar-refractivity contribution in [2.75, 3.05) is 5.73 Å². The van der Waals surface area contributed by atoms with Crippen LogP contribution in [0.3, 0.4) is 0 Å². The number of nitrogen functional groups attached to an aromatic ring is 1. The quantitative estimate of drug-likeness (QED) is 0.865. The Morgan fingerprint density at radius 2 is 2.20 bits per heavy atom. The van der Waals surface area contributed by atoms with Crippen LogP contribution in [0.5, 0.6) is 0 Å². The van der Waals surface area contributed by atoms with E-state index in [2.05, 4.69) is 21.0 Å². The Balaban J connectivity index is 2.59. The van der Waals surface area contributed by atoms with Gasteiger partial charge in [0.05, 0.1) is 22.1 Å². The van der Waals surface area contributed by atoms with E-state index in [1.165, 1.54) is 6.07 Å². The number of rotatable bonds is 1. The van der Waals surface area contributed by atoms with Gasteiger partial charge < -0.3 is 5.73 Å². The molecule has 0 bridgehead atoms. The van der Waals surface area contributed by atoms with Gasteiger partial charge in [-0.1, -0.05) is 6.07 Å². The molecule has 0 fully saturated rings. The van der Waals surface area contributed by atoms with Gasteiger partial charge in [0.1, 0.15) is 5.82 Å². The predicted molar refractivity (Wildman–Crippen MR) is 60.7 cm³/mol. The summed E-state index contributed by atoms with van der Waals surface area (Å²) in [5.74, 6) is -0.312. The molecule has 0 aliphatic carbocycles.